The maximum absolute atomic E-state index is 13.7. The number of benzene rings is 2. The summed E-state index contributed by atoms with van der Waals surface area (Å²) in [5.74, 6) is -2.59. The second-order valence-electron chi connectivity index (χ2n) is 8.50. The van der Waals surface area contributed by atoms with Crippen LogP contribution in [0.4, 0.5) is 17.6 Å². The van der Waals surface area contributed by atoms with Crippen molar-refractivity contribution in [2.45, 2.75) is 37.0 Å². The highest BCUT2D eigenvalue weighted by Crippen LogP contribution is 2.46. The fourth-order valence-corrected chi connectivity index (χ4v) is 5.11. The predicted molar refractivity (Wildman–Crippen MR) is 113 cm³/mol. The maximum Gasteiger partial charge on any atom is 0.416 e. The Labute approximate surface area is 191 Å². The van der Waals surface area contributed by atoms with Gasteiger partial charge in [0.25, 0.3) is 5.91 Å². The van der Waals surface area contributed by atoms with Crippen LogP contribution in [-0.2, 0) is 6.18 Å². The summed E-state index contributed by atoms with van der Waals surface area (Å²) in [6.45, 7) is 0.376. The molecule has 1 aromatic heterocycles. The second kappa shape index (κ2) is 7.96. The van der Waals surface area contributed by atoms with Gasteiger partial charge in [0.15, 0.2) is 11.4 Å². The van der Waals surface area contributed by atoms with Crippen LogP contribution in [0.1, 0.15) is 52.0 Å². The molecule has 1 saturated heterocycles. The average molecular weight is 473 g/mol. The van der Waals surface area contributed by atoms with Crippen molar-refractivity contribution in [2.24, 2.45) is 0 Å². The number of aromatic hydroxyl groups is 1. The van der Waals surface area contributed by atoms with Crippen molar-refractivity contribution in [3.05, 3.63) is 93.2 Å². The summed E-state index contributed by atoms with van der Waals surface area (Å²) in [7, 11) is 0. The van der Waals surface area contributed by atoms with Crippen LogP contribution in [0.3, 0.4) is 0 Å². The van der Waals surface area contributed by atoms with E-state index in [0.29, 0.717) is 30.5 Å². The summed E-state index contributed by atoms with van der Waals surface area (Å²) in [6, 6.07) is 9.05. The summed E-state index contributed by atoms with van der Waals surface area (Å²) >= 11 is 0. The number of carbonyl (C=O) groups excluding carboxylic acids is 1. The van der Waals surface area contributed by atoms with E-state index in [4.69, 9.17) is 0 Å². The molecule has 1 amide bonds. The smallest absolute Gasteiger partial charge is 0.416 e. The lowest BCUT2D eigenvalue weighted by Gasteiger charge is -2.42. The van der Waals surface area contributed by atoms with Crippen molar-refractivity contribution in [1.82, 2.24) is 14.7 Å². The molecule has 1 unspecified atom stereocenters. The third-order valence-electron chi connectivity index (χ3n) is 6.57. The molecule has 0 aliphatic carbocycles. The van der Waals surface area contributed by atoms with Gasteiger partial charge in [-0.1, -0.05) is 30.3 Å². The number of hydrogen-bond donors (Lipinski definition) is 1. The van der Waals surface area contributed by atoms with Crippen molar-refractivity contribution in [1.29, 1.82) is 0 Å². The van der Waals surface area contributed by atoms with Gasteiger partial charge in [0.2, 0.25) is 5.43 Å². The van der Waals surface area contributed by atoms with Crippen LogP contribution in [0.25, 0.3) is 0 Å². The molecule has 2 aliphatic heterocycles. The Kier molecular flexibility index (Phi) is 5.18. The molecule has 176 valence electrons. The van der Waals surface area contributed by atoms with E-state index in [2.05, 4.69) is 5.10 Å². The number of alkyl halides is 3. The highest BCUT2D eigenvalue weighted by atomic mass is 19.4. The molecule has 0 spiro atoms. The number of halogens is 4. The maximum atomic E-state index is 13.7. The van der Waals surface area contributed by atoms with Crippen LogP contribution in [0, 0.1) is 5.82 Å². The number of carbonyl (C=O) groups is 1. The van der Waals surface area contributed by atoms with E-state index in [1.54, 1.807) is 6.07 Å². The van der Waals surface area contributed by atoms with Gasteiger partial charge in [-0.05, 0) is 42.2 Å². The lowest BCUT2D eigenvalue weighted by Crippen LogP contribution is -2.50. The van der Waals surface area contributed by atoms with Crippen molar-refractivity contribution in [3.63, 3.8) is 0 Å². The molecule has 3 atom stereocenters. The van der Waals surface area contributed by atoms with Gasteiger partial charge < -0.3 is 10.0 Å². The Hall–Kier alpha value is -3.69. The van der Waals surface area contributed by atoms with Gasteiger partial charge in [-0.3, -0.25) is 14.3 Å². The monoisotopic (exact) mass is 473 g/mol. The first-order chi connectivity index (χ1) is 16.2. The molecule has 0 saturated carbocycles. The summed E-state index contributed by atoms with van der Waals surface area (Å²) in [6.07, 6.45) is -2.49. The van der Waals surface area contributed by atoms with Gasteiger partial charge in [0, 0.05) is 12.5 Å². The lowest BCUT2D eigenvalue weighted by atomic mass is 9.79. The molecule has 0 bridgehead atoms. The molecule has 6 nitrogen and oxygen atoms in total. The minimum Gasteiger partial charge on any atom is -0.502 e. The largest absolute Gasteiger partial charge is 0.502 e. The fraction of sp³-hybridized carbons (Fsp3) is 0.292. The highest BCUT2D eigenvalue weighted by molar-refractivity contribution is 5.96. The van der Waals surface area contributed by atoms with Crippen LogP contribution in [0.15, 0.2) is 59.5 Å². The molecule has 3 heterocycles. The number of fused-ring (bicyclic) bond motifs is 2. The molecular formula is C24H19F4N3O3. The first kappa shape index (κ1) is 22.1. The third-order valence-corrected chi connectivity index (χ3v) is 6.57. The van der Waals surface area contributed by atoms with Crippen LogP contribution in [-0.4, -0.2) is 38.3 Å². The van der Waals surface area contributed by atoms with E-state index in [-0.39, 0.29) is 5.69 Å². The Balaban J connectivity index is 1.77. The zero-order valence-electron chi connectivity index (χ0n) is 17.7. The van der Waals surface area contributed by atoms with E-state index in [0.717, 1.165) is 18.3 Å². The second-order valence-corrected chi connectivity index (χ2v) is 8.50. The van der Waals surface area contributed by atoms with Crippen molar-refractivity contribution < 1.29 is 27.5 Å². The van der Waals surface area contributed by atoms with Crippen LogP contribution in [0.2, 0.25) is 0 Å². The third kappa shape index (κ3) is 3.53. The van der Waals surface area contributed by atoms with E-state index in [1.807, 2.05) is 0 Å². The van der Waals surface area contributed by atoms with Crippen molar-refractivity contribution in [3.8, 4) is 5.75 Å². The Bertz CT molecular complexity index is 1320. The fourth-order valence-electron chi connectivity index (χ4n) is 5.11. The van der Waals surface area contributed by atoms with Crippen molar-refractivity contribution in [2.75, 3.05) is 6.54 Å². The van der Waals surface area contributed by atoms with E-state index in [1.165, 1.54) is 39.9 Å². The van der Waals surface area contributed by atoms with E-state index >= 15 is 0 Å². The zero-order chi connectivity index (χ0) is 24.2. The SMILES string of the molecule is O=C1c2c(O)c(=O)cnn2C([C@@H](c2ccc(F)cc2)c2cccc(C(F)(F)F)c2)[C@H]2CCCN12. The Morgan fingerprint density at radius 3 is 2.50 bits per heavy atom. The summed E-state index contributed by atoms with van der Waals surface area (Å²) in [5.41, 5.74) is -1.16. The Morgan fingerprint density at radius 1 is 1.06 bits per heavy atom. The minimum atomic E-state index is -4.58. The number of aromatic nitrogens is 2. The molecule has 5 rings (SSSR count). The number of hydrogen-bond acceptors (Lipinski definition) is 4. The van der Waals surface area contributed by atoms with Crippen molar-refractivity contribution >= 4 is 5.91 Å². The predicted octanol–water partition coefficient (Wildman–Crippen LogP) is 4.10. The van der Waals surface area contributed by atoms with Crippen LogP contribution >= 0.6 is 0 Å². The first-order valence-corrected chi connectivity index (χ1v) is 10.7. The standard InChI is InChI=1S/C24H19F4N3O3/c25-16-8-6-13(7-9-16)19(14-3-1-4-15(11-14)24(26,27)28)20-17-5-2-10-30(17)23(34)21-22(33)18(32)12-29-31(20)21/h1,3-4,6-9,11-12,17,19-20,33H,2,5,10H2/t17-,19+,20?/m1/s1. The molecule has 3 aromatic rings. The van der Waals surface area contributed by atoms with E-state index < -0.39 is 52.6 Å². The van der Waals surface area contributed by atoms with Gasteiger partial charge in [-0.25, -0.2) is 4.39 Å². The molecule has 10 heteroatoms. The summed E-state index contributed by atoms with van der Waals surface area (Å²) in [4.78, 5) is 26.7. The van der Waals surface area contributed by atoms with Gasteiger partial charge in [-0.15, -0.1) is 0 Å². The molecule has 2 aromatic carbocycles. The molecular weight excluding hydrogens is 454 g/mol. The summed E-state index contributed by atoms with van der Waals surface area (Å²) < 4.78 is 55.6. The highest BCUT2D eigenvalue weighted by Gasteiger charge is 2.48. The topological polar surface area (TPSA) is 75.4 Å². The molecule has 2 aliphatic rings. The average Bonchev–Trinajstić information content (AvgIpc) is 3.29. The van der Waals surface area contributed by atoms with Crippen LogP contribution in [0.5, 0.6) is 5.75 Å². The molecule has 1 N–H and O–H groups in total. The normalized spacial score (nSPS) is 20.7. The molecule has 1 fully saturated rings. The van der Waals surface area contributed by atoms with Gasteiger partial charge in [0.1, 0.15) is 5.82 Å². The minimum absolute atomic E-state index is 0.290. The quantitative estimate of drug-likeness (QED) is 0.582. The molecule has 34 heavy (non-hydrogen) atoms. The zero-order valence-corrected chi connectivity index (χ0v) is 17.7. The lowest BCUT2D eigenvalue weighted by molar-refractivity contribution is -0.137. The Morgan fingerprint density at radius 2 is 1.79 bits per heavy atom. The first-order valence-electron chi connectivity index (χ1n) is 10.7. The van der Waals surface area contributed by atoms with E-state index in [9.17, 15) is 32.3 Å². The number of rotatable bonds is 3. The number of nitrogens with zero attached hydrogens (tertiary/aromatic N) is 3. The van der Waals surface area contributed by atoms with Gasteiger partial charge in [0.05, 0.1) is 23.8 Å². The summed E-state index contributed by atoms with van der Waals surface area (Å²) in [5, 5.41) is 14.6. The van der Waals surface area contributed by atoms with Gasteiger partial charge >= 0.3 is 6.18 Å². The molecule has 0 radical (unpaired) electrons. The van der Waals surface area contributed by atoms with Gasteiger partial charge in [-0.2, -0.15) is 18.3 Å². The van der Waals surface area contributed by atoms with Crippen LogP contribution < -0.4 is 5.43 Å². The number of amides is 1.